The predicted octanol–water partition coefficient (Wildman–Crippen LogP) is 28.4. The van der Waals surface area contributed by atoms with Gasteiger partial charge in [0.2, 0.25) is 0 Å². The molecule has 11 aromatic heterocycles. The van der Waals surface area contributed by atoms with Crippen molar-refractivity contribution < 1.29 is 0 Å². The van der Waals surface area contributed by atoms with Gasteiger partial charge in [0.15, 0.2) is 0 Å². The summed E-state index contributed by atoms with van der Waals surface area (Å²) in [5.74, 6) is 0. The first kappa shape index (κ1) is 60.4. The molecule has 0 atom stereocenters. The highest BCUT2D eigenvalue weighted by Crippen LogP contribution is 2.53. The van der Waals surface area contributed by atoms with Gasteiger partial charge in [-0.2, -0.15) is 0 Å². The number of aryl methyl sites for hydroxylation is 6. The normalized spacial score (nSPS) is 11.8. The molecule has 11 heterocycles. The van der Waals surface area contributed by atoms with E-state index in [9.17, 15) is 0 Å². The molecule has 0 N–H and O–H groups in total. The average Bonchev–Trinajstić information content (AvgIpc) is 4.37. The third-order valence-electron chi connectivity index (χ3n) is 15.6. The van der Waals surface area contributed by atoms with Gasteiger partial charge in [-0.25, -0.2) is 0 Å². The van der Waals surface area contributed by atoms with Gasteiger partial charge in [0.1, 0.15) is 0 Å². The van der Waals surface area contributed by atoms with Gasteiger partial charge >= 0.3 is 0 Å². The Morgan fingerprint density at radius 3 is 0.829 bits per heavy atom. The fraction of sp³-hybridized carbons (Fsp3) is 0.380. The first-order valence-corrected chi connectivity index (χ1v) is 39.5. The van der Waals surface area contributed by atoms with Crippen molar-refractivity contribution in [1.82, 2.24) is 0 Å². The van der Waals surface area contributed by atoms with Crippen molar-refractivity contribution in [2.75, 3.05) is 0 Å². The molecule has 428 valence electrons. The maximum atomic E-state index is 2.58. The van der Waals surface area contributed by atoms with Crippen LogP contribution in [0.25, 0.3) is 97.5 Å². The Morgan fingerprint density at radius 1 is 0.232 bits per heavy atom. The van der Waals surface area contributed by atoms with Crippen molar-refractivity contribution in [1.29, 1.82) is 0 Å². The minimum Gasteiger partial charge on any atom is -0.143 e. The van der Waals surface area contributed by atoms with Crippen LogP contribution in [0.2, 0.25) is 0 Å². The van der Waals surface area contributed by atoms with E-state index in [-0.39, 0.29) is 0 Å². The highest BCUT2D eigenvalue weighted by atomic mass is 32.1. The molecule has 0 spiro atoms. The highest BCUT2D eigenvalue weighted by molar-refractivity contribution is 7.33. The molecule has 11 rings (SSSR count). The zero-order valence-corrected chi connectivity index (χ0v) is 57.7. The topological polar surface area (TPSA) is 0 Å². The highest BCUT2D eigenvalue weighted by Gasteiger charge is 2.23. The largest absolute Gasteiger partial charge is 0.143 e. The molecule has 0 aliphatic rings. The van der Waals surface area contributed by atoms with E-state index in [1.54, 1.807) is 0 Å². The molecule has 82 heavy (non-hydrogen) atoms. The summed E-state index contributed by atoms with van der Waals surface area (Å²) in [5.41, 5.74) is 7.65. The molecule has 0 aromatic carbocycles. The van der Waals surface area contributed by atoms with Crippen molar-refractivity contribution in [2.45, 2.75) is 176 Å². The minimum absolute atomic E-state index is 1.13. The zero-order chi connectivity index (χ0) is 56.4. The van der Waals surface area contributed by atoms with Crippen LogP contribution < -0.4 is 0 Å². The van der Waals surface area contributed by atoms with Crippen molar-refractivity contribution in [2.24, 2.45) is 0 Å². The number of hydrogen-bond acceptors (Lipinski definition) is 11. The van der Waals surface area contributed by atoms with Gasteiger partial charge in [-0.15, -0.1) is 125 Å². The first-order chi connectivity index (χ1) is 40.3. The number of unbranched alkanes of at least 4 members (excludes halogenated alkanes) is 11. The maximum Gasteiger partial charge on any atom is 0.0481 e. The Balaban J connectivity index is 0.854. The molecule has 0 aliphatic heterocycles. The summed E-state index contributed by atoms with van der Waals surface area (Å²) < 4.78 is 0. The lowest BCUT2D eigenvalue weighted by molar-refractivity contribution is 0.668. The SMILES string of the molecule is CCCCCCc1ccsc1-c1ccc(-c2ccc(-c3sc(-c4cc(CCCC)c(-c5ccc(-c6ccc(-c7sc(-c8cc(CCCCCC)c(-c9ccc(-c%10ccc(C)s%10)s9)s8)cc7CCCC)s6)s5)s4)cc3CCCCCC)s2)s1. The van der Waals surface area contributed by atoms with Gasteiger partial charge in [-0.3, -0.25) is 0 Å². The van der Waals surface area contributed by atoms with Crippen LogP contribution in [-0.2, 0) is 32.1 Å². The lowest BCUT2D eigenvalue weighted by Gasteiger charge is -2.02. The Kier molecular flexibility index (Phi) is 21.6. The summed E-state index contributed by atoms with van der Waals surface area (Å²) in [6, 6.07) is 41.2. The monoisotopic (exact) mass is 1280 g/mol. The number of rotatable bonds is 31. The molecule has 11 heteroatoms. The van der Waals surface area contributed by atoms with E-state index in [2.05, 4.69) is 150 Å². The van der Waals surface area contributed by atoms with Crippen LogP contribution in [0.15, 0.2) is 109 Å². The van der Waals surface area contributed by atoms with Gasteiger partial charge < -0.3 is 0 Å². The molecular formula is C71H78S11. The Labute approximate surface area is 534 Å². The van der Waals surface area contributed by atoms with E-state index in [0.29, 0.717) is 0 Å². The second kappa shape index (κ2) is 29.4. The van der Waals surface area contributed by atoms with Crippen molar-refractivity contribution >= 4 is 125 Å². The Morgan fingerprint density at radius 2 is 0.512 bits per heavy atom. The maximum absolute atomic E-state index is 2.58. The fourth-order valence-corrected chi connectivity index (χ4v) is 23.9. The van der Waals surface area contributed by atoms with E-state index in [4.69, 9.17) is 0 Å². The molecular weight excluding hydrogens is 1210 g/mol. The lowest BCUT2D eigenvalue weighted by atomic mass is 10.1. The second-order valence-electron chi connectivity index (χ2n) is 22.0. The smallest absolute Gasteiger partial charge is 0.0481 e. The van der Waals surface area contributed by atoms with Crippen LogP contribution in [0.4, 0.5) is 0 Å². The molecule has 0 nitrogen and oxygen atoms in total. The Hall–Kier alpha value is -3.30. The third-order valence-corrected chi connectivity index (χ3v) is 29.6. The molecule has 0 saturated carbocycles. The standard InChI is InChI=1S/C71H78S11/c1-7-12-17-20-25-47-40-41-72-67(47)58-35-30-54(74-58)55-32-39-62(76-55)71-51(27-22-19-14-9-3)45-66(82-71)64-43-49(24-16-11-5)69(80-64)60-38-34-57(78-60)56-33-37-59(77-56)68-48(23-15-10-4)42-63(79-68)65-44-50(26-21-18-13-8-2)70(81-65)61-36-31-53(75-61)52-29-28-46(6)73-52/h28-45H,7-27H2,1-6H3. The summed E-state index contributed by atoms with van der Waals surface area (Å²) in [7, 11) is 0. The molecule has 0 unspecified atom stereocenters. The van der Waals surface area contributed by atoms with Crippen LogP contribution in [0.1, 0.15) is 170 Å². The van der Waals surface area contributed by atoms with Crippen LogP contribution in [-0.4, -0.2) is 0 Å². The van der Waals surface area contributed by atoms with Crippen molar-refractivity contribution in [3.05, 3.63) is 141 Å². The van der Waals surface area contributed by atoms with Crippen LogP contribution in [0.5, 0.6) is 0 Å². The molecule has 0 amide bonds. The van der Waals surface area contributed by atoms with Gasteiger partial charge in [0.05, 0.1) is 0 Å². The van der Waals surface area contributed by atoms with Gasteiger partial charge in [-0.05, 0) is 207 Å². The molecule has 0 fully saturated rings. The van der Waals surface area contributed by atoms with Crippen LogP contribution >= 0.6 is 125 Å². The van der Waals surface area contributed by atoms with Crippen molar-refractivity contribution in [3.8, 4) is 97.5 Å². The van der Waals surface area contributed by atoms with E-state index < -0.39 is 0 Å². The average molecular weight is 1280 g/mol. The molecule has 11 aromatic rings. The number of thiophene rings is 11. The summed E-state index contributed by atoms with van der Waals surface area (Å²) in [6.07, 6.45) is 26.1. The van der Waals surface area contributed by atoms with E-state index in [1.807, 2.05) is 125 Å². The summed E-state index contributed by atoms with van der Waals surface area (Å²) in [6.45, 7) is 13.8. The first-order valence-electron chi connectivity index (χ1n) is 30.5. The number of hydrogen-bond donors (Lipinski definition) is 0. The lowest BCUT2D eigenvalue weighted by Crippen LogP contribution is -1.85. The van der Waals surface area contributed by atoms with E-state index in [0.717, 1.165) is 25.7 Å². The summed E-state index contributed by atoms with van der Waals surface area (Å²) in [4.78, 5) is 30.0. The third kappa shape index (κ3) is 14.4. The summed E-state index contributed by atoms with van der Waals surface area (Å²) in [5, 5.41) is 2.30. The van der Waals surface area contributed by atoms with E-state index in [1.165, 1.54) is 239 Å². The summed E-state index contributed by atoms with van der Waals surface area (Å²) >= 11 is 21.9. The molecule has 0 saturated heterocycles. The fourth-order valence-electron chi connectivity index (χ4n) is 11.0. The molecule has 0 radical (unpaired) electrons. The van der Waals surface area contributed by atoms with Crippen LogP contribution in [0.3, 0.4) is 0 Å². The van der Waals surface area contributed by atoms with Gasteiger partial charge in [-0.1, -0.05) is 105 Å². The Bertz CT molecular complexity index is 3740. The van der Waals surface area contributed by atoms with Crippen LogP contribution in [0, 0.1) is 6.92 Å². The zero-order valence-electron chi connectivity index (χ0n) is 48.7. The minimum atomic E-state index is 1.13. The van der Waals surface area contributed by atoms with E-state index >= 15 is 0 Å². The van der Waals surface area contributed by atoms with Gasteiger partial charge in [0.25, 0.3) is 0 Å². The predicted molar refractivity (Wildman–Crippen MR) is 383 cm³/mol. The van der Waals surface area contributed by atoms with Gasteiger partial charge in [0, 0.05) is 102 Å². The molecule has 0 bridgehead atoms. The molecule has 0 aliphatic carbocycles. The van der Waals surface area contributed by atoms with Crippen molar-refractivity contribution in [3.63, 3.8) is 0 Å². The quantitative estimate of drug-likeness (QED) is 0.0380. The second-order valence-corrected chi connectivity index (χ2v) is 33.8.